The van der Waals surface area contributed by atoms with Crippen LogP contribution in [0.15, 0.2) is 29.3 Å². The zero-order chi connectivity index (χ0) is 20.5. The molecule has 0 spiro atoms. The summed E-state index contributed by atoms with van der Waals surface area (Å²) in [6.45, 7) is 10.6. The van der Waals surface area contributed by atoms with Gasteiger partial charge in [0.25, 0.3) is 0 Å². The highest BCUT2D eigenvalue weighted by atomic mass is 127. The fourth-order valence-electron chi connectivity index (χ4n) is 3.15. The Hall–Kier alpha value is -1.58. The number of amides is 1. The van der Waals surface area contributed by atoms with Gasteiger partial charge in [0, 0.05) is 37.7 Å². The number of piperidine rings is 1. The Morgan fingerprint density at radius 2 is 2.00 bits per heavy atom. The molecule has 1 aromatic carbocycles. The fourth-order valence-corrected chi connectivity index (χ4v) is 3.15. The molecule has 0 saturated carbocycles. The Kier molecular flexibility index (Phi) is 11.3. The fraction of sp³-hybridized carbons (Fsp3) is 0.619. The first-order valence-corrected chi connectivity index (χ1v) is 10.1. The number of ether oxygens (including phenoxy) is 1. The third-order valence-corrected chi connectivity index (χ3v) is 4.63. The normalized spacial score (nSPS) is 16.2. The summed E-state index contributed by atoms with van der Waals surface area (Å²) >= 11 is 0. The van der Waals surface area contributed by atoms with Crippen LogP contribution in [0, 0.1) is 11.7 Å². The zero-order valence-corrected chi connectivity index (χ0v) is 20.1. The molecule has 1 aliphatic heterocycles. The van der Waals surface area contributed by atoms with Gasteiger partial charge < -0.3 is 20.3 Å². The van der Waals surface area contributed by atoms with E-state index < -0.39 is 0 Å². The Morgan fingerprint density at radius 1 is 1.31 bits per heavy atom. The highest BCUT2D eigenvalue weighted by molar-refractivity contribution is 14.0. The van der Waals surface area contributed by atoms with Crippen LogP contribution >= 0.6 is 24.0 Å². The van der Waals surface area contributed by atoms with E-state index in [1.165, 1.54) is 12.1 Å². The van der Waals surface area contributed by atoms with Crippen molar-refractivity contribution in [3.8, 4) is 5.75 Å². The first kappa shape index (κ1) is 25.5. The Labute approximate surface area is 190 Å². The largest absolute Gasteiger partial charge is 0.489 e. The van der Waals surface area contributed by atoms with E-state index in [9.17, 15) is 9.18 Å². The first-order chi connectivity index (χ1) is 13.4. The minimum Gasteiger partial charge on any atom is -0.489 e. The number of nitrogens with zero attached hydrogens (tertiary/aromatic N) is 2. The smallest absolute Gasteiger partial charge is 0.225 e. The number of benzene rings is 1. The summed E-state index contributed by atoms with van der Waals surface area (Å²) in [4.78, 5) is 18.7. The van der Waals surface area contributed by atoms with Crippen LogP contribution in [0.5, 0.6) is 5.75 Å². The second kappa shape index (κ2) is 12.9. The van der Waals surface area contributed by atoms with Crippen LogP contribution in [0.1, 0.15) is 40.5 Å². The van der Waals surface area contributed by atoms with Crippen molar-refractivity contribution in [2.24, 2.45) is 10.9 Å². The number of guanidine groups is 1. The van der Waals surface area contributed by atoms with E-state index in [4.69, 9.17) is 4.74 Å². The maximum absolute atomic E-state index is 13.3. The van der Waals surface area contributed by atoms with E-state index in [1.807, 2.05) is 32.6 Å². The third-order valence-electron chi connectivity index (χ3n) is 4.63. The summed E-state index contributed by atoms with van der Waals surface area (Å²) in [6, 6.07) is 6.41. The van der Waals surface area contributed by atoms with Crippen LogP contribution in [0.25, 0.3) is 0 Å². The van der Waals surface area contributed by atoms with Crippen molar-refractivity contribution in [2.45, 2.75) is 52.7 Å². The van der Waals surface area contributed by atoms with Crippen molar-refractivity contribution in [1.82, 2.24) is 15.5 Å². The molecule has 1 aromatic rings. The molecular weight excluding hydrogens is 486 g/mol. The maximum atomic E-state index is 13.3. The van der Waals surface area contributed by atoms with Gasteiger partial charge in [0.2, 0.25) is 5.91 Å². The van der Waals surface area contributed by atoms with E-state index >= 15 is 0 Å². The second-order valence-electron chi connectivity index (χ2n) is 7.50. The number of hydrogen-bond acceptors (Lipinski definition) is 3. The average Bonchev–Trinajstić information content (AvgIpc) is 2.66. The number of carbonyl (C=O) groups excluding carboxylic acids is 1. The monoisotopic (exact) mass is 520 g/mol. The lowest BCUT2D eigenvalue weighted by Crippen LogP contribution is -2.50. The van der Waals surface area contributed by atoms with Gasteiger partial charge in [-0.1, -0.05) is 19.9 Å². The van der Waals surface area contributed by atoms with Crippen molar-refractivity contribution >= 4 is 35.8 Å². The lowest BCUT2D eigenvalue weighted by atomic mass is 10.0. The number of nitrogens with one attached hydrogen (secondary N) is 2. The highest BCUT2D eigenvalue weighted by Gasteiger charge is 2.24. The molecule has 1 fully saturated rings. The molecule has 0 aliphatic carbocycles. The van der Waals surface area contributed by atoms with Gasteiger partial charge in [-0.15, -0.1) is 24.0 Å². The molecule has 1 amide bonds. The summed E-state index contributed by atoms with van der Waals surface area (Å²) in [5.74, 6) is 1.20. The third kappa shape index (κ3) is 8.76. The van der Waals surface area contributed by atoms with Crippen LogP contribution in [-0.2, 0) is 4.79 Å². The molecule has 29 heavy (non-hydrogen) atoms. The topological polar surface area (TPSA) is 66.0 Å². The number of likely N-dealkylation sites (tertiary alicyclic amines) is 1. The van der Waals surface area contributed by atoms with Crippen LogP contribution in [0.4, 0.5) is 4.39 Å². The van der Waals surface area contributed by atoms with Gasteiger partial charge in [-0.05, 0) is 38.8 Å². The van der Waals surface area contributed by atoms with E-state index in [0.29, 0.717) is 12.3 Å². The first-order valence-electron chi connectivity index (χ1n) is 10.1. The van der Waals surface area contributed by atoms with Crippen LogP contribution < -0.4 is 15.4 Å². The minimum atomic E-state index is -0.314. The molecule has 1 unspecified atom stereocenters. The summed E-state index contributed by atoms with van der Waals surface area (Å²) in [6.07, 6.45) is 1.62. The Balaban J connectivity index is 0.00000420. The van der Waals surface area contributed by atoms with Crippen molar-refractivity contribution in [2.75, 3.05) is 26.2 Å². The molecule has 8 heteroatoms. The van der Waals surface area contributed by atoms with Crippen molar-refractivity contribution in [1.29, 1.82) is 0 Å². The molecule has 6 nitrogen and oxygen atoms in total. The molecule has 1 saturated heterocycles. The molecule has 164 valence electrons. The highest BCUT2D eigenvalue weighted by Crippen LogP contribution is 2.15. The average molecular weight is 520 g/mol. The van der Waals surface area contributed by atoms with E-state index in [2.05, 4.69) is 15.6 Å². The quantitative estimate of drug-likeness (QED) is 0.329. The van der Waals surface area contributed by atoms with Gasteiger partial charge in [0.1, 0.15) is 17.7 Å². The van der Waals surface area contributed by atoms with E-state index in [-0.39, 0.29) is 53.8 Å². The molecule has 1 aliphatic rings. The summed E-state index contributed by atoms with van der Waals surface area (Å²) in [5.41, 5.74) is 0. The SMILES string of the molecule is CCNC(=NCC(C)Oc1cccc(F)c1)NC1CCN(C(=O)C(C)C)CC1.I. The van der Waals surface area contributed by atoms with Crippen LogP contribution in [0.2, 0.25) is 0 Å². The second-order valence-corrected chi connectivity index (χ2v) is 7.50. The van der Waals surface area contributed by atoms with Crippen molar-refractivity contribution < 1.29 is 13.9 Å². The Bertz CT molecular complexity index is 664. The molecule has 1 atom stereocenters. The molecule has 1 heterocycles. The van der Waals surface area contributed by atoms with Gasteiger partial charge in [-0.2, -0.15) is 0 Å². The molecule has 0 radical (unpaired) electrons. The minimum absolute atomic E-state index is 0. The maximum Gasteiger partial charge on any atom is 0.225 e. The van der Waals surface area contributed by atoms with Gasteiger partial charge in [-0.25, -0.2) is 9.38 Å². The van der Waals surface area contributed by atoms with Gasteiger partial charge in [0.05, 0.1) is 6.54 Å². The summed E-state index contributed by atoms with van der Waals surface area (Å²) in [7, 11) is 0. The van der Waals surface area contributed by atoms with Crippen LogP contribution in [0.3, 0.4) is 0 Å². The van der Waals surface area contributed by atoms with Gasteiger partial charge >= 0.3 is 0 Å². The molecular formula is C21H34FIN4O2. The van der Waals surface area contributed by atoms with E-state index in [1.54, 1.807) is 12.1 Å². The number of hydrogen-bond donors (Lipinski definition) is 2. The molecule has 0 bridgehead atoms. The number of aliphatic imine (C=N–C) groups is 1. The van der Waals surface area contributed by atoms with Gasteiger partial charge in [-0.3, -0.25) is 4.79 Å². The predicted octanol–water partition coefficient (Wildman–Crippen LogP) is 3.41. The molecule has 2 N–H and O–H groups in total. The number of halogens is 2. The van der Waals surface area contributed by atoms with E-state index in [0.717, 1.165) is 38.4 Å². The molecule has 2 rings (SSSR count). The lowest BCUT2D eigenvalue weighted by molar-refractivity contribution is -0.135. The standard InChI is InChI=1S/C21H33FN4O2.HI/c1-5-23-21(24-14-16(4)28-19-8-6-7-17(22)13-19)25-18-9-11-26(12-10-18)20(27)15(2)3;/h6-8,13,15-16,18H,5,9-12,14H2,1-4H3,(H2,23,24,25);1H. The van der Waals surface area contributed by atoms with Crippen molar-refractivity contribution in [3.63, 3.8) is 0 Å². The number of rotatable bonds is 7. The van der Waals surface area contributed by atoms with Crippen LogP contribution in [-0.4, -0.2) is 55.1 Å². The van der Waals surface area contributed by atoms with Gasteiger partial charge in [0.15, 0.2) is 5.96 Å². The Morgan fingerprint density at radius 3 is 2.59 bits per heavy atom. The predicted molar refractivity (Wildman–Crippen MR) is 125 cm³/mol. The van der Waals surface area contributed by atoms with Crippen molar-refractivity contribution in [3.05, 3.63) is 30.1 Å². The lowest BCUT2D eigenvalue weighted by Gasteiger charge is -2.34. The number of carbonyl (C=O) groups is 1. The summed E-state index contributed by atoms with van der Waals surface area (Å²) < 4.78 is 19.0. The molecule has 0 aromatic heterocycles. The summed E-state index contributed by atoms with van der Waals surface area (Å²) in [5, 5.41) is 6.71. The zero-order valence-electron chi connectivity index (χ0n) is 17.8.